The first kappa shape index (κ1) is 11.6. The van der Waals surface area contributed by atoms with Gasteiger partial charge in [0.2, 0.25) is 0 Å². The van der Waals surface area contributed by atoms with E-state index in [0.29, 0.717) is 17.6 Å². The molecule has 2 aromatic heterocycles. The minimum Gasteiger partial charge on any atom is -0.476 e. The number of hydrogen-bond donors (Lipinski definition) is 2. The molecule has 3 rings (SSSR count). The molecule has 0 spiro atoms. The summed E-state index contributed by atoms with van der Waals surface area (Å²) >= 11 is 1.56. The fraction of sp³-hybridized carbons (Fsp3) is 0.417. The number of carbonyl (C=O) groups is 1. The Kier molecular flexibility index (Phi) is 2.76. The van der Waals surface area contributed by atoms with Crippen LogP contribution in [0.2, 0.25) is 0 Å². The van der Waals surface area contributed by atoms with Gasteiger partial charge in [-0.25, -0.2) is 14.8 Å². The lowest BCUT2D eigenvalue weighted by Gasteiger charge is -2.03. The summed E-state index contributed by atoms with van der Waals surface area (Å²) in [5.41, 5.74) is 1.20. The lowest BCUT2D eigenvalue weighted by Crippen LogP contribution is -2.08. The van der Waals surface area contributed by atoms with Crippen molar-refractivity contribution in [2.75, 3.05) is 6.61 Å². The molecule has 0 bridgehead atoms. The molecule has 0 fully saturated rings. The fourth-order valence-corrected chi connectivity index (χ4v) is 3.69. The summed E-state index contributed by atoms with van der Waals surface area (Å²) in [5.74, 6) is -0.614. The molecule has 0 saturated heterocycles. The molecule has 0 aromatic carbocycles. The Hall–Kier alpha value is -1.53. The largest absolute Gasteiger partial charge is 0.476 e. The Bertz CT molecular complexity index is 636. The second kappa shape index (κ2) is 4.29. The van der Waals surface area contributed by atoms with E-state index in [1.165, 1.54) is 4.88 Å². The third-order valence-corrected chi connectivity index (χ3v) is 4.33. The zero-order chi connectivity index (χ0) is 12.7. The molecule has 0 radical (unpaired) electrons. The number of aliphatic hydroxyl groups is 1. The van der Waals surface area contributed by atoms with Gasteiger partial charge in [0.1, 0.15) is 10.7 Å². The first-order valence-corrected chi connectivity index (χ1v) is 6.67. The van der Waals surface area contributed by atoms with Crippen LogP contribution in [0, 0.1) is 0 Å². The van der Waals surface area contributed by atoms with Gasteiger partial charge in [-0.3, -0.25) is 0 Å². The second-order valence-electron chi connectivity index (χ2n) is 4.30. The van der Waals surface area contributed by atoms with Gasteiger partial charge < -0.3 is 10.2 Å². The number of thiophene rings is 1. The van der Waals surface area contributed by atoms with Gasteiger partial charge in [0.05, 0.1) is 6.61 Å². The number of rotatable bonds is 3. The Balaban J connectivity index is 2.28. The average molecular weight is 264 g/mol. The van der Waals surface area contributed by atoms with Crippen LogP contribution in [0.15, 0.2) is 0 Å². The third kappa shape index (κ3) is 1.69. The lowest BCUT2D eigenvalue weighted by atomic mass is 10.1. The van der Waals surface area contributed by atoms with E-state index in [4.69, 9.17) is 5.11 Å². The van der Waals surface area contributed by atoms with E-state index in [2.05, 4.69) is 9.97 Å². The van der Waals surface area contributed by atoms with Gasteiger partial charge in [0.15, 0.2) is 5.69 Å². The number of fused-ring (bicyclic) bond motifs is 3. The standard InChI is InChI=1S/C12H12N2O3S/c15-5-4-8-13-10(12(16)17)9-6-2-1-3-7(6)18-11(9)14-8/h15H,1-5H2,(H,16,17). The molecule has 5 nitrogen and oxygen atoms in total. The van der Waals surface area contributed by atoms with Crippen molar-refractivity contribution in [1.82, 2.24) is 9.97 Å². The highest BCUT2D eigenvalue weighted by Gasteiger charge is 2.24. The number of aryl methyl sites for hydroxylation is 2. The van der Waals surface area contributed by atoms with E-state index >= 15 is 0 Å². The van der Waals surface area contributed by atoms with Crippen molar-refractivity contribution in [3.63, 3.8) is 0 Å². The van der Waals surface area contributed by atoms with E-state index in [1.54, 1.807) is 11.3 Å². The molecular formula is C12H12N2O3S. The first-order chi connectivity index (χ1) is 8.70. The van der Waals surface area contributed by atoms with Crippen LogP contribution in [0.4, 0.5) is 0 Å². The first-order valence-electron chi connectivity index (χ1n) is 5.86. The highest BCUT2D eigenvalue weighted by Crippen LogP contribution is 2.37. The molecule has 2 N–H and O–H groups in total. The molecule has 0 aliphatic heterocycles. The molecule has 1 aliphatic rings. The number of carboxylic acids is 1. The third-order valence-electron chi connectivity index (χ3n) is 3.15. The highest BCUT2D eigenvalue weighted by molar-refractivity contribution is 7.19. The predicted molar refractivity (Wildman–Crippen MR) is 67.2 cm³/mol. The van der Waals surface area contributed by atoms with Crippen molar-refractivity contribution >= 4 is 27.5 Å². The molecule has 0 unspecified atom stereocenters. The summed E-state index contributed by atoms with van der Waals surface area (Å²) in [6, 6.07) is 0. The van der Waals surface area contributed by atoms with Gasteiger partial charge in [-0.1, -0.05) is 0 Å². The van der Waals surface area contributed by atoms with Gasteiger partial charge in [-0.2, -0.15) is 0 Å². The van der Waals surface area contributed by atoms with Crippen LogP contribution in [-0.2, 0) is 19.3 Å². The predicted octanol–water partition coefficient (Wildman–Crippen LogP) is 1.41. The molecule has 0 atom stereocenters. The highest BCUT2D eigenvalue weighted by atomic mass is 32.1. The van der Waals surface area contributed by atoms with Gasteiger partial charge in [0.25, 0.3) is 0 Å². The molecule has 2 aromatic rings. The van der Waals surface area contributed by atoms with Crippen LogP contribution in [0.5, 0.6) is 0 Å². The summed E-state index contributed by atoms with van der Waals surface area (Å²) in [6.07, 6.45) is 3.29. The van der Waals surface area contributed by atoms with Crippen LogP contribution in [0.3, 0.4) is 0 Å². The Morgan fingerprint density at radius 1 is 1.33 bits per heavy atom. The van der Waals surface area contributed by atoms with Gasteiger partial charge in [-0.05, 0) is 24.8 Å². The topological polar surface area (TPSA) is 83.3 Å². The average Bonchev–Trinajstić information content (AvgIpc) is 2.87. The molecule has 1 aliphatic carbocycles. The van der Waals surface area contributed by atoms with Crippen LogP contribution < -0.4 is 0 Å². The van der Waals surface area contributed by atoms with Crippen molar-refractivity contribution in [3.8, 4) is 0 Å². The SMILES string of the molecule is O=C(O)c1nc(CCO)nc2sc3c(c12)CCC3. The van der Waals surface area contributed by atoms with Crippen molar-refractivity contribution in [2.24, 2.45) is 0 Å². The van der Waals surface area contributed by atoms with Crippen molar-refractivity contribution < 1.29 is 15.0 Å². The van der Waals surface area contributed by atoms with E-state index < -0.39 is 5.97 Å². The van der Waals surface area contributed by atoms with Crippen LogP contribution >= 0.6 is 11.3 Å². The summed E-state index contributed by atoms with van der Waals surface area (Å²) < 4.78 is 0. The van der Waals surface area contributed by atoms with Crippen molar-refractivity contribution in [3.05, 3.63) is 22.0 Å². The van der Waals surface area contributed by atoms with Gasteiger partial charge >= 0.3 is 5.97 Å². The number of aromatic nitrogens is 2. The quantitative estimate of drug-likeness (QED) is 0.875. The number of nitrogens with zero attached hydrogens (tertiary/aromatic N) is 2. The molecule has 0 saturated carbocycles. The van der Waals surface area contributed by atoms with Crippen LogP contribution in [0.1, 0.15) is 33.2 Å². The molecule has 18 heavy (non-hydrogen) atoms. The maximum Gasteiger partial charge on any atom is 0.355 e. The van der Waals surface area contributed by atoms with Crippen LogP contribution in [-0.4, -0.2) is 32.8 Å². The second-order valence-corrected chi connectivity index (χ2v) is 5.39. The lowest BCUT2D eigenvalue weighted by molar-refractivity contribution is 0.0692. The summed E-state index contributed by atoms with van der Waals surface area (Å²) in [7, 11) is 0. The number of carboxylic acid groups (broad SMARTS) is 1. The van der Waals surface area contributed by atoms with Crippen molar-refractivity contribution in [1.29, 1.82) is 0 Å². The monoisotopic (exact) mass is 264 g/mol. The fourth-order valence-electron chi connectivity index (χ4n) is 2.41. The normalized spacial score (nSPS) is 14.1. The number of aromatic carboxylic acids is 1. The zero-order valence-corrected chi connectivity index (χ0v) is 10.5. The minimum atomic E-state index is -1.02. The molecular weight excluding hydrogens is 252 g/mol. The van der Waals surface area contributed by atoms with Crippen molar-refractivity contribution in [2.45, 2.75) is 25.7 Å². The van der Waals surface area contributed by atoms with Gasteiger partial charge in [-0.15, -0.1) is 11.3 Å². The zero-order valence-electron chi connectivity index (χ0n) is 9.64. The van der Waals surface area contributed by atoms with E-state index in [-0.39, 0.29) is 12.3 Å². The summed E-state index contributed by atoms with van der Waals surface area (Å²) in [5, 5.41) is 18.9. The van der Waals surface area contributed by atoms with Gasteiger partial charge in [0, 0.05) is 16.7 Å². The Labute approximate surface area is 107 Å². The molecule has 2 heterocycles. The number of aliphatic hydroxyl groups excluding tert-OH is 1. The van der Waals surface area contributed by atoms with E-state index in [9.17, 15) is 9.90 Å². The summed E-state index contributed by atoms with van der Waals surface area (Å²) in [4.78, 5) is 21.7. The molecule has 0 amide bonds. The maximum atomic E-state index is 11.3. The van der Waals surface area contributed by atoms with Crippen LogP contribution in [0.25, 0.3) is 10.2 Å². The van der Waals surface area contributed by atoms with E-state index in [1.807, 2.05) is 0 Å². The minimum absolute atomic E-state index is 0.0738. The smallest absolute Gasteiger partial charge is 0.355 e. The maximum absolute atomic E-state index is 11.3. The summed E-state index contributed by atoms with van der Waals surface area (Å²) in [6.45, 7) is -0.0738. The molecule has 6 heteroatoms. The molecule has 94 valence electrons. The van der Waals surface area contributed by atoms with E-state index in [0.717, 1.165) is 29.7 Å². The number of hydrogen-bond acceptors (Lipinski definition) is 5. The Morgan fingerprint density at radius 2 is 2.17 bits per heavy atom. The Morgan fingerprint density at radius 3 is 2.89 bits per heavy atom.